The molecular weight excluding hydrogens is 401 g/mol. The van der Waals surface area contributed by atoms with E-state index in [0.29, 0.717) is 12.1 Å². The molecule has 2 heterocycles. The van der Waals surface area contributed by atoms with E-state index in [2.05, 4.69) is 0 Å². The van der Waals surface area contributed by atoms with Crippen LogP contribution in [0, 0.1) is 12.7 Å². The molecule has 0 saturated heterocycles. The molecule has 0 radical (unpaired) electrons. The van der Waals surface area contributed by atoms with Crippen LogP contribution in [0.5, 0.6) is 0 Å². The number of hydrogen-bond acceptors (Lipinski definition) is 4. The highest BCUT2D eigenvalue weighted by Crippen LogP contribution is 2.44. The molecule has 4 nitrogen and oxygen atoms in total. The van der Waals surface area contributed by atoms with Gasteiger partial charge in [0.05, 0.1) is 5.57 Å². The van der Waals surface area contributed by atoms with E-state index >= 15 is 0 Å². The summed E-state index contributed by atoms with van der Waals surface area (Å²) in [5.41, 5.74) is 2.28. The number of ketones is 1. The first-order chi connectivity index (χ1) is 14.5. The molecule has 4 rings (SSSR count). The topological polar surface area (TPSA) is 57.6 Å². The lowest BCUT2D eigenvalue weighted by Crippen LogP contribution is -2.31. The zero-order valence-electron chi connectivity index (χ0n) is 16.3. The molecule has 152 valence electrons. The monoisotopic (exact) mass is 421 g/mol. The van der Waals surface area contributed by atoms with Crippen LogP contribution < -0.4 is 4.90 Å². The molecule has 0 aliphatic carbocycles. The van der Waals surface area contributed by atoms with E-state index in [-0.39, 0.29) is 17.8 Å². The third-order valence-corrected chi connectivity index (χ3v) is 6.30. The fraction of sp³-hybridized carbons (Fsp3) is 0.167. The molecule has 1 aliphatic heterocycles. The molecule has 1 unspecified atom stereocenters. The number of carbonyl (C=O) groups excluding carboxylic acids is 2. The number of aryl methyl sites for hydroxylation is 2. The number of Topliss-reactive ketones (excluding diaryl/α,β-unsaturated/α-hetero) is 1. The Morgan fingerprint density at radius 3 is 2.57 bits per heavy atom. The first kappa shape index (κ1) is 20.0. The summed E-state index contributed by atoms with van der Waals surface area (Å²) in [6.45, 7) is 1.89. The van der Waals surface area contributed by atoms with Crippen molar-refractivity contribution in [2.24, 2.45) is 0 Å². The van der Waals surface area contributed by atoms with Crippen LogP contribution in [-0.2, 0) is 16.0 Å². The summed E-state index contributed by atoms with van der Waals surface area (Å²) in [5, 5.41) is 12.5. The van der Waals surface area contributed by atoms with Crippen molar-refractivity contribution in [3.8, 4) is 0 Å². The first-order valence-corrected chi connectivity index (χ1v) is 10.5. The van der Waals surface area contributed by atoms with Gasteiger partial charge in [-0.1, -0.05) is 36.4 Å². The van der Waals surface area contributed by atoms with Crippen LogP contribution in [0.1, 0.15) is 28.5 Å². The molecule has 1 amide bonds. The minimum absolute atomic E-state index is 0.0748. The van der Waals surface area contributed by atoms with E-state index in [4.69, 9.17) is 0 Å². The Kier molecular flexibility index (Phi) is 5.50. The summed E-state index contributed by atoms with van der Waals surface area (Å²) in [4.78, 5) is 28.2. The molecule has 1 aromatic heterocycles. The van der Waals surface area contributed by atoms with Crippen LogP contribution in [0.2, 0.25) is 0 Å². The molecule has 0 bridgehead atoms. The summed E-state index contributed by atoms with van der Waals surface area (Å²) in [7, 11) is 0. The van der Waals surface area contributed by atoms with Crippen molar-refractivity contribution in [1.82, 2.24) is 0 Å². The number of aliphatic hydroxyl groups excluding tert-OH is 1. The van der Waals surface area contributed by atoms with Gasteiger partial charge in [0.1, 0.15) is 11.9 Å². The summed E-state index contributed by atoms with van der Waals surface area (Å²) in [6, 6.07) is 16.3. The van der Waals surface area contributed by atoms with Crippen LogP contribution in [0.15, 0.2) is 77.4 Å². The third-order valence-electron chi connectivity index (χ3n) is 5.23. The maximum absolute atomic E-state index is 13.9. The average Bonchev–Trinajstić information content (AvgIpc) is 3.27. The van der Waals surface area contributed by atoms with Crippen molar-refractivity contribution in [2.75, 3.05) is 4.90 Å². The predicted molar refractivity (Wildman–Crippen MR) is 115 cm³/mol. The van der Waals surface area contributed by atoms with E-state index in [1.807, 2.05) is 48.7 Å². The maximum Gasteiger partial charge on any atom is 0.294 e. The molecule has 30 heavy (non-hydrogen) atoms. The van der Waals surface area contributed by atoms with Crippen LogP contribution in [0.4, 0.5) is 10.1 Å². The highest BCUT2D eigenvalue weighted by Gasteiger charge is 2.45. The highest BCUT2D eigenvalue weighted by atomic mass is 32.1. The van der Waals surface area contributed by atoms with Gasteiger partial charge in [0, 0.05) is 17.0 Å². The number of halogens is 1. The number of amides is 1. The van der Waals surface area contributed by atoms with Crippen molar-refractivity contribution in [2.45, 2.75) is 25.8 Å². The van der Waals surface area contributed by atoms with Crippen LogP contribution in [-0.4, -0.2) is 16.8 Å². The van der Waals surface area contributed by atoms with Crippen molar-refractivity contribution in [1.29, 1.82) is 0 Å². The molecule has 0 saturated carbocycles. The number of carbonyl (C=O) groups is 2. The van der Waals surface area contributed by atoms with Crippen molar-refractivity contribution >= 4 is 28.7 Å². The smallest absolute Gasteiger partial charge is 0.294 e. The molecule has 0 spiro atoms. The standard InChI is InChI=1S/C24H20FNO3S/c1-15-12-13-30-23(15)21-20(19(27)11-10-16-6-3-2-4-7-16)22(28)24(29)26(21)18-9-5-8-17(25)14-18/h2-9,12-14,21,28H,10-11H2,1H3. The van der Waals surface area contributed by atoms with Gasteiger partial charge in [-0.05, 0) is 54.1 Å². The number of thiophene rings is 1. The van der Waals surface area contributed by atoms with E-state index in [0.717, 1.165) is 16.0 Å². The van der Waals surface area contributed by atoms with Crippen LogP contribution >= 0.6 is 11.3 Å². The molecule has 6 heteroatoms. The molecular formula is C24H20FNO3S. The van der Waals surface area contributed by atoms with Gasteiger partial charge in [-0.3, -0.25) is 14.5 Å². The Morgan fingerprint density at radius 1 is 1.13 bits per heavy atom. The fourth-order valence-corrected chi connectivity index (χ4v) is 4.76. The minimum Gasteiger partial charge on any atom is -0.503 e. The summed E-state index contributed by atoms with van der Waals surface area (Å²) in [5.74, 6) is -2.04. The van der Waals surface area contributed by atoms with Gasteiger partial charge in [0.2, 0.25) is 0 Å². The second-order valence-corrected chi connectivity index (χ2v) is 8.14. The lowest BCUT2D eigenvalue weighted by Gasteiger charge is -2.26. The lowest BCUT2D eigenvalue weighted by atomic mass is 9.95. The van der Waals surface area contributed by atoms with E-state index < -0.39 is 23.5 Å². The van der Waals surface area contributed by atoms with Crippen LogP contribution in [0.3, 0.4) is 0 Å². The van der Waals surface area contributed by atoms with Gasteiger partial charge in [0.25, 0.3) is 5.91 Å². The number of nitrogens with zero attached hydrogens (tertiary/aromatic N) is 1. The summed E-state index contributed by atoms with van der Waals surface area (Å²) < 4.78 is 13.9. The molecule has 1 N–H and O–H groups in total. The maximum atomic E-state index is 13.9. The van der Waals surface area contributed by atoms with Gasteiger partial charge in [0.15, 0.2) is 11.5 Å². The SMILES string of the molecule is Cc1ccsc1C1C(C(=O)CCc2ccccc2)=C(O)C(=O)N1c1cccc(F)c1. The quantitative estimate of drug-likeness (QED) is 0.588. The van der Waals surface area contributed by atoms with E-state index in [9.17, 15) is 19.1 Å². The van der Waals surface area contributed by atoms with E-state index in [1.165, 1.54) is 34.4 Å². The lowest BCUT2D eigenvalue weighted by molar-refractivity contribution is -0.118. The minimum atomic E-state index is -0.775. The summed E-state index contributed by atoms with van der Waals surface area (Å²) >= 11 is 1.40. The molecule has 3 aromatic rings. The van der Waals surface area contributed by atoms with Gasteiger partial charge in [-0.2, -0.15) is 0 Å². The van der Waals surface area contributed by atoms with Crippen molar-refractivity contribution in [3.63, 3.8) is 0 Å². The molecule has 0 fully saturated rings. The Hall–Kier alpha value is -3.25. The van der Waals surface area contributed by atoms with Crippen LogP contribution in [0.25, 0.3) is 0 Å². The van der Waals surface area contributed by atoms with Crippen molar-refractivity contribution in [3.05, 3.63) is 99.2 Å². The first-order valence-electron chi connectivity index (χ1n) is 9.60. The average molecular weight is 421 g/mol. The largest absolute Gasteiger partial charge is 0.503 e. The van der Waals surface area contributed by atoms with Gasteiger partial charge in [-0.15, -0.1) is 11.3 Å². The van der Waals surface area contributed by atoms with Gasteiger partial charge in [-0.25, -0.2) is 4.39 Å². The Bertz CT molecular complexity index is 1140. The van der Waals surface area contributed by atoms with Crippen molar-refractivity contribution < 1.29 is 19.1 Å². The third kappa shape index (κ3) is 3.66. The predicted octanol–water partition coefficient (Wildman–Crippen LogP) is 5.30. The van der Waals surface area contributed by atoms with E-state index in [1.54, 1.807) is 6.07 Å². The molecule has 2 aromatic carbocycles. The molecule has 1 aliphatic rings. The number of rotatable bonds is 6. The number of aliphatic hydroxyl groups is 1. The fourth-order valence-electron chi connectivity index (χ4n) is 3.73. The summed E-state index contributed by atoms with van der Waals surface area (Å²) in [6.07, 6.45) is 0.662. The highest BCUT2D eigenvalue weighted by molar-refractivity contribution is 7.10. The van der Waals surface area contributed by atoms with Gasteiger partial charge >= 0.3 is 0 Å². The Labute approximate surface area is 177 Å². The molecule has 1 atom stereocenters. The Balaban J connectivity index is 1.73. The zero-order valence-corrected chi connectivity index (χ0v) is 17.2. The second-order valence-electron chi connectivity index (χ2n) is 7.20. The number of hydrogen-bond donors (Lipinski definition) is 1. The Morgan fingerprint density at radius 2 is 1.90 bits per heavy atom. The number of anilines is 1. The number of benzene rings is 2. The normalized spacial score (nSPS) is 16.4. The van der Waals surface area contributed by atoms with Gasteiger partial charge < -0.3 is 5.11 Å². The second kappa shape index (κ2) is 8.24. The zero-order chi connectivity index (χ0) is 21.3.